The quantitative estimate of drug-likeness (QED) is 0.192. The van der Waals surface area contributed by atoms with Crippen LogP contribution in [0.25, 0.3) is 0 Å². The molecule has 0 heterocycles. The normalized spacial score (nSPS) is 10.5. The van der Waals surface area contributed by atoms with E-state index in [1.54, 1.807) is 48.5 Å². The summed E-state index contributed by atoms with van der Waals surface area (Å²) in [7, 11) is 0. The molecule has 0 saturated heterocycles. The summed E-state index contributed by atoms with van der Waals surface area (Å²) in [5.41, 5.74) is 4.66. The van der Waals surface area contributed by atoms with Gasteiger partial charge in [-0.3, -0.25) is 9.59 Å². The summed E-state index contributed by atoms with van der Waals surface area (Å²) in [5.74, 6) is -0.164. The first kappa shape index (κ1) is 26.7. The Morgan fingerprint density at radius 1 is 1.11 bits per heavy atom. The van der Waals surface area contributed by atoms with Gasteiger partial charge in [0, 0.05) is 5.56 Å². The van der Waals surface area contributed by atoms with Crippen molar-refractivity contribution in [1.29, 1.82) is 5.26 Å². The minimum Gasteiger partial charge on any atom is -0.490 e. The third kappa shape index (κ3) is 7.57. The number of nitriles is 1. The fourth-order valence-electron chi connectivity index (χ4n) is 3.09. The zero-order valence-corrected chi connectivity index (χ0v) is 21.6. The molecule has 2 amide bonds. The van der Waals surface area contributed by atoms with Gasteiger partial charge < -0.3 is 14.8 Å². The number of carbonyl (C=O) groups excluding carboxylic acids is 2. The van der Waals surface area contributed by atoms with Gasteiger partial charge in [-0.05, 0) is 58.7 Å². The molecule has 10 heteroatoms. The minimum atomic E-state index is -0.587. The van der Waals surface area contributed by atoms with E-state index in [9.17, 15) is 14.9 Å². The van der Waals surface area contributed by atoms with Gasteiger partial charge in [0.2, 0.25) is 11.8 Å². The summed E-state index contributed by atoms with van der Waals surface area (Å²) in [6.07, 6.45) is 0.999. The summed E-state index contributed by atoms with van der Waals surface area (Å²) in [6.45, 7) is 2.43. The van der Waals surface area contributed by atoms with E-state index in [0.717, 1.165) is 5.56 Å². The lowest BCUT2D eigenvalue weighted by atomic mass is 10.1. The topological polar surface area (TPSA) is 113 Å². The molecule has 0 aliphatic heterocycles. The Morgan fingerprint density at radius 3 is 2.61 bits per heavy atom. The monoisotopic (exact) mass is 568 g/mol. The van der Waals surface area contributed by atoms with Crippen molar-refractivity contribution in [3.8, 4) is 17.6 Å². The predicted molar refractivity (Wildman–Crippen MR) is 141 cm³/mol. The second-order valence-electron chi connectivity index (χ2n) is 7.32. The van der Waals surface area contributed by atoms with Gasteiger partial charge in [-0.15, -0.1) is 0 Å². The van der Waals surface area contributed by atoms with Crippen molar-refractivity contribution in [2.75, 3.05) is 11.9 Å². The van der Waals surface area contributed by atoms with Crippen molar-refractivity contribution >= 4 is 51.2 Å². The highest BCUT2D eigenvalue weighted by atomic mass is 79.9. The number of halogens is 2. The van der Waals surface area contributed by atoms with E-state index in [-0.39, 0.29) is 6.61 Å². The second-order valence-corrected chi connectivity index (χ2v) is 8.58. The van der Waals surface area contributed by atoms with Crippen molar-refractivity contribution in [3.05, 3.63) is 86.8 Å². The van der Waals surface area contributed by atoms with Gasteiger partial charge in [-0.25, -0.2) is 5.43 Å². The number of para-hydroxylation sites is 1. The van der Waals surface area contributed by atoms with Crippen LogP contribution >= 0.6 is 27.5 Å². The molecule has 0 fully saturated rings. The van der Waals surface area contributed by atoms with Crippen LogP contribution in [-0.2, 0) is 16.2 Å². The van der Waals surface area contributed by atoms with Crippen molar-refractivity contribution in [3.63, 3.8) is 0 Å². The molecule has 0 aromatic heterocycles. The van der Waals surface area contributed by atoms with Gasteiger partial charge in [-0.1, -0.05) is 41.9 Å². The maximum atomic E-state index is 12.1. The van der Waals surface area contributed by atoms with Crippen LogP contribution in [0.5, 0.6) is 11.5 Å². The summed E-state index contributed by atoms with van der Waals surface area (Å²) >= 11 is 9.49. The molecule has 0 spiro atoms. The van der Waals surface area contributed by atoms with E-state index in [2.05, 4.69) is 37.8 Å². The molecule has 0 radical (unpaired) electrons. The van der Waals surface area contributed by atoms with Gasteiger partial charge in [0.15, 0.2) is 11.5 Å². The molecule has 3 rings (SSSR count). The third-order valence-corrected chi connectivity index (χ3v) is 5.63. The Hall–Kier alpha value is -3.87. The molecule has 2 N–H and O–H groups in total. The Labute approximate surface area is 222 Å². The molecular formula is C26H22BrClN4O4. The number of benzene rings is 3. The van der Waals surface area contributed by atoms with Crippen molar-refractivity contribution < 1.29 is 19.1 Å². The molecule has 0 atom stereocenters. The number of nitrogens with zero attached hydrogens (tertiary/aromatic N) is 2. The number of carbonyl (C=O) groups is 2. The first-order valence-electron chi connectivity index (χ1n) is 10.8. The highest BCUT2D eigenvalue weighted by molar-refractivity contribution is 9.10. The van der Waals surface area contributed by atoms with E-state index in [4.69, 9.17) is 21.1 Å². The van der Waals surface area contributed by atoms with E-state index < -0.39 is 18.2 Å². The molecule has 0 aliphatic rings. The van der Waals surface area contributed by atoms with Crippen LogP contribution in [0, 0.1) is 11.3 Å². The maximum Gasteiger partial charge on any atom is 0.249 e. The number of hydrogen-bond acceptors (Lipinski definition) is 6. The van der Waals surface area contributed by atoms with Crippen LogP contribution < -0.4 is 20.2 Å². The van der Waals surface area contributed by atoms with E-state index in [1.807, 2.05) is 19.1 Å². The molecule has 8 nitrogen and oxygen atoms in total. The Morgan fingerprint density at radius 2 is 1.86 bits per heavy atom. The van der Waals surface area contributed by atoms with Gasteiger partial charge in [-0.2, -0.15) is 10.4 Å². The molecule has 0 unspecified atom stereocenters. The van der Waals surface area contributed by atoms with Crippen LogP contribution in [0.3, 0.4) is 0 Å². The van der Waals surface area contributed by atoms with Crippen LogP contribution in [0.4, 0.5) is 5.69 Å². The summed E-state index contributed by atoms with van der Waals surface area (Å²) in [5, 5.41) is 16.2. The van der Waals surface area contributed by atoms with Crippen LogP contribution in [0.15, 0.2) is 70.2 Å². The first-order chi connectivity index (χ1) is 17.4. The number of hydrogen-bond donors (Lipinski definition) is 2. The van der Waals surface area contributed by atoms with Gasteiger partial charge >= 0.3 is 0 Å². The molecule has 3 aromatic rings. The van der Waals surface area contributed by atoms with Crippen LogP contribution in [0.1, 0.15) is 30.0 Å². The SMILES string of the molecule is CCOc1cc(C=NNC(=O)CC(=O)Nc2ccccc2Cl)cc(Br)c1OCc1ccccc1C#N. The summed E-state index contributed by atoms with van der Waals surface area (Å²) in [4.78, 5) is 24.2. The number of amides is 2. The van der Waals surface area contributed by atoms with E-state index in [0.29, 0.717) is 44.4 Å². The van der Waals surface area contributed by atoms with Gasteiger partial charge in [0.25, 0.3) is 0 Å². The number of anilines is 1. The predicted octanol–water partition coefficient (Wildman–Crippen LogP) is 5.43. The second kappa shape index (κ2) is 13.3. The lowest BCUT2D eigenvalue weighted by molar-refractivity contribution is -0.126. The molecule has 3 aromatic carbocycles. The Bertz CT molecular complexity index is 1320. The van der Waals surface area contributed by atoms with Crippen molar-refractivity contribution in [2.45, 2.75) is 20.0 Å². The van der Waals surface area contributed by atoms with Gasteiger partial charge in [0.05, 0.1) is 39.6 Å². The molecular weight excluding hydrogens is 548 g/mol. The largest absolute Gasteiger partial charge is 0.490 e. The highest BCUT2D eigenvalue weighted by Gasteiger charge is 2.14. The van der Waals surface area contributed by atoms with E-state index in [1.165, 1.54) is 6.21 Å². The Kier molecular flexibility index (Phi) is 9.86. The zero-order chi connectivity index (χ0) is 25.9. The highest BCUT2D eigenvalue weighted by Crippen LogP contribution is 2.37. The average molecular weight is 570 g/mol. The molecule has 36 heavy (non-hydrogen) atoms. The van der Waals surface area contributed by atoms with Crippen molar-refractivity contribution in [2.24, 2.45) is 5.10 Å². The molecule has 0 saturated carbocycles. The number of hydrazone groups is 1. The van der Waals surface area contributed by atoms with Gasteiger partial charge in [0.1, 0.15) is 13.0 Å². The average Bonchev–Trinajstić information content (AvgIpc) is 2.85. The molecule has 184 valence electrons. The maximum absolute atomic E-state index is 12.1. The number of nitrogens with one attached hydrogen (secondary N) is 2. The zero-order valence-electron chi connectivity index (χ0n) is 19.3. The van der Waals surface area contributed by atoms with Crippen molar-refractivity contribution in [1.82, 2.24) is 5.43 Å². The number of rotatable bonds is 10. The summed E-state index contributed by atoms with van der Waals surface area (Å²) < 4.78 is 12.3. The fourth-order valence-corrected chi connectivity index (χ4v) is 3.85. The first-order valence-corrected chi connectivity index (χ1v) is 12.0. The fraction of sp³-hybridized carbons (Fsp3) is 0.154. The standard InChI is InChI=1S/C26H22BrClN4O4/c1-2-35-23-12-17(11-20(27)26(23)36-16-19-8-4-3-7-18(19)14-29)15-30-32-25(34)13-24(33)31-22-10-6-5-9-21(22)28/h3-12,15H,2,13,16H2,1H3,(H,31,33)(H,32,34). The van der Waals surface area contributed by atoms with Crippen LogP contribution in [0.2, 0.25) is 5.02 Å². The van der Waals surface area contributed by atoms with Crippen LogP contribution in [-0.4, -0.2) is 24.6 Å². The molecule has 0 aliphatic carbocycles. The molecule has 0 bridgehead atoms. The smallest absolute Gasteiger partial charge is 0.249 e. The summed E-state index contributed by atoms with van der Waals surface area (Å²) in [6, 6.07) is 19.5. The lowest BCUT2D eigenvalue weighted by Gasteiger charge is -2.15. The Balaban J connectivity index is 1.63. The minimum absolute atomic E-state index is 0.183. The third-order valence-electron chi connectivity index (χ3n) is 4.71. The van der Waals surface area contributed by atoms with E-state index >= 15 is 0 Å². The lowest BCUT2D eigenvalue weighted by Crippen LogP contribution is -2.24. The number of ether oxygens (including phenoxy) is 2.